The molecule has 0 aromatic carbocycles. The van der Waals surface area contributed by atoms with E-state index in [4.69, 9.17) is 0 Å². The van der Waals surface area contributed by atoms with Gasteiger partial charge >= 0.3 is 0 Å². The van der Waals surface area contributed by atoms with Gasteiger partial charge in [0.25, 0.3) is 0 Å². The molecule has 0 aliphatic rings. The standard InChI is InChI=1S/C11H19N3O/c1-3-5-6-10(4-2)7-14-8-11(9-15)12-13-14/h8-10H,3-7H2,1-2H3. The normalized spacial score (nSPS) is 12.7. The molecule has 84 valence electrons. The summed E-state index contributed by atoms with van der Waals surface area (Å²) in [6, 6.07) is 0. The number of aromatic nitrogens is 3. The van der Waals surface area contributed by atoms with Crippen LogP contribution in [0.2, 0.25) is 0 Å². The second-order valence-corrected chi connectivity index (χ2v) is 3.90. The number of hydrogen-bond acceptors (Lipinski definition) is 3. The number of carbonyl (C=O) groups excluding carboxylic acids is 1. The van der Waals surface area contributed by atoms with Crippen molar-refractivity contribution in [1.82, 2.24) is 15.0 Å². The van der Waals surface area contributed by atoms with Gasteiger partial charge in [0.15, 0.2) is 6.29 Å². The Bertz CT molecular complexity index is 296. The van der Waals surface area contributed by atoms with Crippen molar-refractivity contribution >= 4 is 6.29 Å². The maximum absolute atomic E-state index is 10.4. The van der Waals surface area contributed by atoms with E-state index in [9.17, 15) is 4.79 Å². The SMILES string of the molecule is CCCCC(CC)Cn1cc(C=O)nn1. The summed E-state index contributed by atoms with van der Waals surface area (Å²) < 4.78 is 1.77. The second kappa shape index (κ2) is 6.32. The fraction of sp³-hybridized carbons (Fsp3) is 0.727. The van der Waals surface area contributed by atoms with E-state index in [-0.39, 0.29) is 0 Å². The van der Waals surface area contributed by atoms with Crippen LogP contribution in [0.5, 0.6) is 0 Å². The summed E-state index contributed by atoms with van der Waals surface area (Å²) in [5.74, 6) is 0.645. The molecule has 1 unspecified atom stereocenters. The van der Waals surface area contributed by atoms with Crippen LogP contribution in [-0.4, -0.2) is 21.3 Å². The van der Waals surface area contributed by atoms with Gasteiger partial charge in [-0.25, -0.2) is 0 Å². The third kappa shape index (κ3) is 3.81. The number of aldehydes is 1. The third-order valence-corrected chi connectivity index (χ3v) is 2.67. The van der Waals surface area contributed by atoms with Crippen LogP contribution in [0.3, 0.4) is 0 Å². The first-order valence-electron chi connectivity index (χ1n) is 5.65. The van der Waals surface area contributed by atoms with Crippen LogP contribution in [-0.2, 0) is 6.54 Å². The van der Waals surface area contributed by atoms with E-state index in [2.05, 4.69) is 24.2 Å². The third-order valence-electron chi connectivity index (χ3n) is 2.67. The Morgan fingerprint density at radius 3 is 2.87 bits per heavy atom. The molecule has 0 saturated heterocycles. The lowest BCUT2D eigenvalue weighted by molar-refractivity contribution is 0.111. The van der Waals surface area contributed by atoms with Crippen LogP contribution < -0.4 is 0 Å². The minimum atomic E-state index is 0.417. The highest BCUT2D eigenvalue weighted by molar-refractivity contribution is 5.70. The van der Waals surface area contributed by atoms with Crippen LogP contribution in [0, 0.1) is 5.92 Å². The van der Waals surface area contributed by atoms with Gasteiger partial charge in [-0.15, -0.1) is 5.10 Å². The summed E-state index contributed by atoms with van der Waals surface area (Å²) in [5, 5.41) is 7.67. The van der Waals surface area contributed by atoms with Gasteiger partial charge in [-0.3, -0.25) is 9.48 Å². The molecule has 0 saturated carbocycles. The van der Waals surface area contributed by atoms with Crippen molar-refractivity contribution in [2.24, 2.45) is 5.92 Å². The quantitative estimate of drug-likeness (QED) is 0.647. The Morgan fingerprint density at radius 1 is 1.53 bits per heavy atom. The van der Waals surface area contributed by atoms with Gasteiger partial charge in [-0.1, -0.05) is 38.3 Å². The van der Waals surface area contributed by atoms with Crippen molar-refractivity contribution in [3.8, 4) is 0 Å². The summed E-state index contributed by atoms with van der Waals surface area (Å²) in [5.41, 5.74) is 0.417. The molecule has 1 aromatic heterocycles. The van der Waals surface area contributed by atoms with E-state index in [1.54, 1.807) is 10.9 Å². The Labute approximate surface area is 90.7 Å². The summed E-state index contributed by atoms with van der Waals surface area (Å²) in [6.07, 6.45) is 7.30. The molecular formula is C11H19N3O. The predicted molar refractivity (Wildman–Crippen MR) is 58.7 cm³/mol. The Hall–Kier alpha value is -1.19. The van der Waals surface area contributed by atoms with E-state index >= 15 is 0 Å². The van der Waals surface area contributed by atoms with Crippen molar-refractivity contribution in [1.29, 1.82) is 0 Å². The van der Waals surface area contributed by atoms with E-state index in [0.717, 1.165) is 19.3 Å². The molecule has 4 heteroatoms. The van der Waals surface area contributed by atoms with E-state index in [1.807, 2.05) is 0 Å². The molecule has 1 rings (SSSR count). The number of nitrogens with zero attached hydrogens (tertiary/aromatic N) is 3. The molecule has 4 nitrogen and oxygen atoms in total. The topological polar surface area (TPSA) is 47.8 Å². The van der Waals surface area contributed by atoms with Gasteiger partial charge in [-0.05, 0) is 12.3 Å². The van der Waals surface area contributed by atoms with Gasteiger partial charge < -0.3 is 0 Å². The van der Waals surface area contributed by atoms with Crippen LogP contribution in [0.25, 0.3) is 0 Å². The Morgan fingerprint density at radius 2 is 2.33 bits per heavy atom. The number of rotatable bonds is 7. The number of unbranched alkanes of at least 4 members (excludes halogenated alkanes) is 1. The smallest absolute Gasteiger partial charge is 0.171 e. The molecule has 1 atom stereocenters. The first kappa shape index (κ1) is 11.9. The molecule has 0 N–H and O–H groups in total. The van der Waals surface area contributed by atoms with E-state index in [1.165, 1.54) is 19.3 Å². The first-order chi connectivity index (χ1) is 7.30. The summed E-state index contributed by atoms with van der Waals surface area (Å²) in [4.78, 5) is 10.4. The molecule has 0 bridgehead atoms. The zero-order valence-corrected chi connectivity index (χ0v) is 9.52. The molecule has 0 aliphatic carbocycles. The molecular weight excluding hydrogens is 190 g/mol. The van der Waals surface area contributed by atoms with Crippen LogP contribution >= 0.6 is 0 Å². The summed E-state index contributed by atoms with van der Waals surface area (Å²) in [6.45, 7) is 5.27. The van der Waals surface area contributed by atoms with Crippen LogP contribution in [0.1, 0.15) is 50.0 Å². The summed E-state index contributed by atoms with van der Waals surface area (Å²) in [7, 11) is 0. The fourth-order valence-corrected chi connectivity index (χ4v) is 1.64. The van der Waals surface area contributed by atoms with Crippen molar-refractivity contribution in [3.05, 3.63) is 11.9 Å². The fourth-order valence-electron chi connectivity index (χ4n) is 1.64. The van der Waals surface area contributed by atoms with Crippen LogP contribution in [0.4, 0.5) is 0 Å². The second-order valence-electron chi connectivity index (χ2n) is 3.90. The summed E-state index contributed by atoms with van der Waals surface area (Å²) >= 11 is 0. The molecule has 0 spiro atoms. The average molecular weight is 209 g/mol. The zero-order valence-electron chi connectivity index (χ0n) is 9.52. The molecule has 1 aromatic rings. The molecule has 15 heavy (non-hydrogen) atoms. The first-order valence-corrected chi connectivity index (χ1v) is 5.65. The van der Waals surface area contributed by atoms with Crippen molar-refractivity contribution in [3.63, 3.8) is 0 Å². The zero-order chi connectivity index (χ0) is 11.1. The lowest BCUT2D eigenvalue weighted by Crippen LogP contribution is -2.10. The van der Waals surface area contributed by atoms with Gasteiger partial charge in [-0.2, -0.15) is 0 Å². The maximum Gasteiger partial charge on any atom is 0.171 e. The molecule has 0 aliphatic heterocycles. The lowest BCUT2D eigenvalue weighted by atomic mass is 9.99. The Balaban J connectivity index is 2.46. The number of carbonyl (C=O) groups is 1. The molecule has 0 amide bonds. The van der Waals surface area contributed by atoms with Gasteiger partial charge in [0.2, 0.25) is 0 Å². The van der Waals surface area contributed by atoms with Gasteiger partial charge in [0.05, 0.1) is 6.20 Å². The number of hydrogen-bond donors (Lipinski definition) is 0. The van der Waals surface area contributed by atoms with E-state index in [0.29, 0.717) is 11.6 Å². The highest BCUT2D eigenvalue weighted by Gasteiger charge is 2.08. The minimum absolute atomic E-state index is 0.417. The molecule has 1 heterocycles. The molecule has 0 fully saturated rings. The van der Waals surface area contributed by atoms with Crippen molar-refractivity contribution in [2.75, 3.05) is 0 Å². The van der Waals surface area contributed by atoms with Crippen molar-refractivity contribution in [2.45, 2.75) is 46.1 Å². The van der Waals surface area contributed by atoms with Gasteiger partial charge in [0, 0.05) is 6.54 Å². The maximum atomic E-state index is 10.4. The van der Waals surface area contributed by atoms with Crippen molar-refractivity contribution < 1.29 is 4.79 Å². The average Bonchev–Trinajstić information content (AvgIpc) is 2.71. The predicted octanol–water partition coefficient (Wildman–Crippen LogP) is 2.31. The largest absolute Gasteiger partial charge is 0.296 e. The highest BCUT2D eigenvalue weighted by atomic mass is 16.1. The van der Waals surface area contributed by atoms with E-state index < -0.39 is 0 Å². The molecule has 0 radical (unpaired) electrons. The monoisotopic (exact) mass is 209 g/mol. The minimum Gasteiger partial charge on any atom is -0.296 e. The lowest BCUT2D eigenvalue weighted by Gasteiger charge is -2.13. The highest BCUT2D eigenvalue weighted by Crippen LogP contribution is 2.14. The van der Waals surface area contributed by atoms with Crippen LogP contribution in [0.15, 0.2) is 6.20 Å². The van der Waals surface area contributed by atoms with Gasteiger partial charge in [0.1, 0.15) is 5.69 Å². The Kier molecular flexibility index (Phi) is 5.01.